The molecular formula is C14H13ClN4O2S. The number of hydrogen-bond donors (Lipinski definition) is 1. The zero-order chi connectivity index (χ0) is 15.7. The summed E-state index contributed by atoms with van der Waals surface area (Å²) in [6.07, 6.45) is 3.56. The van der Waals surface area contributed by atoms with Crippen molar-refractivity contribution < 1.29 is 4.79 Å². The summed E-state index contributed by atoms with van der Waals surface area (Å²) >= 11 is 7.01. The smallest absolute Gasteiger partial charge is 0.307 e. The maximum absolute atomic E-state index is 11.9. The van der Waals surface area contributed by atoms with Crippen molar-refractivity contribution in [1.82, 2.24) is 19.3 Å². The molecule has 0 radical (unpaired) electrons. The Morgan fingerprint density at radius 1 is 1.41 bits per heavy atom. The summed E-state index contributed by atoms with van der Waals surface area (Å²) in [5.74, 6) is -0.223. The third-order valence-electron chi connectivity index (χ3n) is 3.21. The van der Waals surface area contributed by atoms with Crippen LogP contribution < -0.4 is 10.2 Å². The maximum atomic E-state index is 11.9. The lowest BCUT2D eigenvalue weighted by Crippen LogP contribution is -2.30. The van der Waals surface area contributed by atoms with Gasteiger partial charge in [0.1, 0.15) is 12.2 Å². The lowest BCUT2D eigenvalue weighted by Gasteiger charge is -2.05. The molecular weight excluding hydrogens is 324 g/mol. The molecule has 3 aromatic heterocycles. The van der Waals surface area contributed by atoms with Crippen molar-refractivity contribution in [1.29, 1.82) is 0 Å². The topological polar surface area (TPSA) is 68.4 Å². The van der Waals surface area contributed by atoms with Crippen LogP contribution in [0.3, 0.4) is 0 Å². The normalized spacial score (nSPS) is 11.0. The number of imidazole rings is 1. The van der Waals surface area contributed by atoms with Crippen molar-refractivity contribution in [2.24, 2.45) is 0 Å². The average Bonchev–Trinajstić information content (AvgIpc) is 3.02. The monoisotopic (exact) mass is 336 g/mol. The van der Waals surface area contributed by atoms with E-state index in [1.165, 1.54) is 4.57 Å². The molecule has 0 saturated heterocycles. The first-order valence-electron chi connectivity index (χ1n) is 6.58. The first kappa shape index (κ1) is 14.8. The van der Waals surface area contributed by atoms with Crippen molar-refractivity contribution in [2.45, 2.75) is 20.0 Å². The van der Waals surface area contributed by atoms with Crippen molar-refractivity contribution in [3.63, 3.8) is 0 Å². The highest BCUT2D eigenvalue weighted by atomic mass is 35.5. The summed E-state index contributed by atoms with van der Waals surface area (Å²) < 4.78 is 3.25. The van der Waals surface area contributed by atoms with Crippen LogP contribution in [0, 0.1) is 6.92 Å². The van der Waals surface area contributed by atoms with Crippen LogP contribution in [-0.2, 0) is 17.9 Å². The van der Waals surface area contributed by atoms with E-state index in [9.17, 15) is 9.59 Å². The van der Waals surface area contributed by atoms with Crippen LogP contribution in [0.4, 0.5) is 0 Å². The van der Waals surface area contributed by atoms with Crippen LogP contribution in [0.2, 0.25) is 5.02 Å². The van der Waals surface area contributed by atoms with Gasteiger partial charge in [0.15, 0.2) is 0 Å². The number of aromatic nitrogens is 3. The minimum Gasteiger partial charge on any atom is -0.349 e. The highest BCUT2D eigenvalue weighted by molar-refractivity contribution is 7.07. The summed E-state index contributed by atoms with van der Waals surface area (Å²) in [7, 11) is 0. The van der Waals surface area contributed by atoms with Gasteiger partial charge in [0.2, 0.25) is 5.91 Å². The molecule has 3 rings (SSSR count). The van der Waals surface area contributed by atoms with Gasteiger partial charge in [0, 0.05) is 23.5 Å². The van der Waals surface area contributed by atoms with Gasteiger partial charge in [-0.05, 0) is 19.1 Å². The number of rotatable bonds is 4. The Morgan fingerprint density at radius 2 is 2.23 bits per heavy atom. The Balaban J connectivity index is 1.66. The lowest BCUT2D eigenvalue weighted by molar-refractivity contribution is -0.121. The molecule has 0 aliphatic carbocycles. The molecule has 0 aliphatic rings. The molecule has 8 heteroatoms. The molecule has 0 spiro atoms. The summed E-state index contributed by atoms with van der Waals surface area (Å²) in [6, 6.07) is 3.57. The number of fused-ring (bicyclic) bond motifs is 1. The van der Waals surface area contributed by atoms with Crippen molar-refractivity contribution in [3.05, 3.63) is 56.0 Å². The van der Waals surface area contributed by atoms with Gasteiger partial charge < -0.3 is 9.72 Å². The fourth-order valence-electron chi connectivity index (χ4n) is 2.09. The molecule has 3 aromatic rings. The van der Waals surface area contributed by atoms with Crippen molar-refractivity contribution in [2.75, 3.05) is 0 Å². The van der Waals surface area contributed by atoms with Gasteiger partial charge in [-0.15, -0.1) is 0 Å². The number of halogens is 1. The van der Waals surface area contributed by atoms with E-state index in [2.05, 4.69) is 10.3 Å². The molecule has 0 atom stereocenters. The van der Waals surface area contributed by atoms with E-state index in [0.717, 1.165) is 28.4 Å². The fourth-order valence-corrected chi connectivity index (χ4v) is 2.99. The van der Waals surface area contributed by atoms with Gasteiger partial charge in [0.25, 0.3) is 0 Å². The van der Waals surface area contributed by atoms with E-state index in [1.54, 1.807) is 29.0 Å². The quantitative estimate of drug-likeness (QED) is 0.790. The standard InChI is InChI=1S/C14H13ClN4O2S/c1-9-8-22-14(21)19(9)7-13(20)16-4-11-6-18-5-10(15)2-3-12(18)17-11/h2-3,5-6,8H,4,7H2,1H3,(H,16,20). The molecule has 0 bridgehead atoms. The fraction of sp³-hybridized carbons (Fsp3) is 0.214. The minimum absolute atomic E-state index is 0.0212. The van der Waals surface area contributed by atoms with Crippen LogP contribution in [-0.4, -0.2) is 19.9 Å². The van der Waals surface area contributed by atoms with E-state index < -0.39 is 0 Å². The number of carbonyl (C=O) groups is 1. The molecule has 1 amide bonds. The van der Waals surface area contributed by atoms with E-state index in [1.807, 2.05) is 12.3 Å². The van der Waals surface area contributed by atoms with Crippen LogP contribution in [0.25, 0.3) is 5.65 Å². The van der Waals surface area contributed by atoms with Gasteiger partial charge in [-0.1, -0.05) is 22.9 Å². The number of amides is 1. The molecule has 114 valence electrons. The predicted octanol–water partition coefficient (Wildman–Crippen LogP) is 1.84. The van der Waals surface area contributed by atoms with Crippen LogP contribution in [0.15, 0.2) is 34.7 Å². The SMILES string of the molecule is Cc1csc(=O)n1CC(=O)NCc1cn2cc(Cl)ccc2n1. The highest BCUT2D eigenvalue weighted by Gasteiger charge is 2.09. The van der Waals surface area contributed by atoms with Gasteiger partial charge in [-0.25, -0.2) is 4.98 Å². The molecule has 0 unspecified atom stereocenters. The summed E-state index contributed by atoms with van der Waals surface area (Å²) in [5, 5.41) is 5.12. The predicted molar refractivity (Wildman–Crippen MR) is 85.4 cm³/mol. The van der Waals surface area contributed by atoms with Crippen molar-refractivity contribution in [3.8, 4) is 0 Å². The van der Waals surface area contributed by atoms with Crippen molar-refractivity contribution >= 4 is 34.5 Å². The molecule has 22 heavy (non-hydrogen) atoms. The van der Waals surface area contributed by atoms with E-state index in [0.29, 0.717) is 11.6 Å². The number of aryl methyl sites for hydroxylation is 1. The molecule has 3 heterocycles. The summed E-state index contributed by atoms with van der Waals surface area (Å²) in [5.41, 5.74) is 2.27. The van der Waals surface area contributed by atoms with Gasteiger partial charge in [-0.2, -0.15) is 0 Å². The second-order valence-electron chi connectivity index (χ2n) is 4.85. The second kappa shape index (κ2) is 5.94. The number of carbonyl (C=O) groups excluding carboxylic acids is 1. The first-order chi connectivity index (χ1) is 10.5. The number of pyridine rings is 1. The number of nitrogens with one attached hydrogen (secondary N) is 1. The Kier molecular flexibility index (Phi) is 4.00. The minimum atomic E-state index is -0.223. The lowest BCUT2D eigenvalue weighted by atomic mass is 10.4. The molecule has 6 nitrogen and oxygen atoms in total. The maximum Gasteiger partial charge on any atom is 0.307 e. The zero-order valence-electron chi connectivity index (χ0n) is 11.7. The molecule has 0 aromatic carbocycles. The number of hydrogen-bond acceptors (Lipinski definition) is 4. The largest absolute Gasteiger partial charge is 0.349 e. The zero-order valence-corrected chi connectivity index (χ0v) is 13.3. The molecule has 0 aliphatic heterocycles. The third kappa shape index (κ3) is 3.05. The number of thiazole rings is 1. The summed E-state index contributed by atoms with van der Waals surface area (Å²) in [6.45, 7) is 2.13. The Bertz CT molecular complexity index is 896. The summed E-state index contributed by atoms with van der Waals surface area (Å²) in [4.78, 5) is 27.8. The number of nitrogens with zero attached hydrogens (tertiary/aromatic N) is 3. The van der Waals surface area contributed by atoms with E-state index in [-0.39, 0.29) is 17.3 Å². The van der Waals surface area contributed by atoms with Crippen LogP contribution in [0.5, 0.6) is 0 Å². The van der Waals surface area contributed by atoms with E-state index in [4.69, 9.17) is 11.6 Å². The Labute approximate surface area is 135 Å². The third-order valence-corrected chi connectivity index (χ3v) is 4.31. The van der Waals surface area contributed by atoms with Crippen LogP contribution >= 0.6 is 22.9 Å². The molecule has 0 fully saturated rings. The first-order valence-corrected chi connectivity index (χ1v) is 7.83. The molecule has 1 N–H and O–H groups in total. The van der Waals surface area contributed by atoms with E-state index >= 15 is 0 Å². The highest BCUT2D eigenvalue weighted by Crippen LogP contribution is 2.11. The van der Waals surface area contributed by atoms with Gasteiger partial charge in [0.05, 0.1) is 17.3 Å². The van der Waals surface area contributed by atoms with Crippen LogP contribution in [0.1, 0.15) is 11.4 Å². The van der Waals surface area contributed by atoms with Gasteiger partial charge >= 0.3 is 4.87 Å². The Hall–Kier alpha value is -2.12. The average molecular weight is 337 g/mol. The Morgan fingerprint density at radius 3 is 2.95 bits per heavy atom. The second-order valence-corrected chi connectivity index (χ2v) is 6.11. The molecule has 0 saturated carbocycles. The van der Waals surface area contributed by atoms with Gasteiger partial charge in [-0.3, -0.25) is 14.2 Å².